The molecule has 3 aromatic rings. The van der Waals surface area contributed by atoms with Crippen molar-refractivity contribution in [2.45, 2.75) is 6.92 Å². The summed E-state index contributed by atoms with van der Waals surface area (Å²) >= 11 is 0. The van der Waals surface area contributed by atoms with Gasteiger partial charge in [-0.05, 0) is 13.0 Å². The fraction of sp³-hybridized carbons (Fsp3) is 0.0769. The van der Waals surface area contributed by atoms with Gasteiger partial charge in [-0.1, -0.05) is 6.07 Å². The van der Waals surface area contributed by atoms with Crippen molar-refractivity contribution < 1.29 is 0 Å². The van der Waals surface area contributed by atoms with Crippen molar-refractivity contribution >= 4 is 16.7 Å². The Bertz CT molecular complexity index is 723. The van der Waals surface area contributed by atoms with Gasteiger partial charge in [-0.3, -0.25) is 4.98 Å². The molecule has 0 aliphatic carbocycles. The van der Waals surface area contributed by atoms with Crippen LogP contribution >= 0.6 is 0 Å². The molecule has 3 rings (SSSR count). The Kier molecular flexibility index (Phi) is 2.37. The molecule has 88 valence electrons. The van der Waals surface area contributed by atoms with Gasteiger partial charge in [0.15, 0.2) is 0 Å². The number of aryl methyl sites for hydroxylation is 1. The molecule has 0 unspecified atom stereocenters. The maximum atomic E-state index is 5.83. The second-order valence-electron chi connectivity index (χ2n) is 3.98. The molecule has 0 aliphatic heterocycles. The van der Waals surface area contributed by atoms with E-state index in [0.717, 1.165) is 27.7 Å². The number of nitrogen functional groups attached to an aromatic ring is 1. The van der Waals surface area contributed by atoms with Crippen LogP contribution in [0.5, 0.6) is 0 Å². The highest BCUT2D eigenvalue weighted by molar-refractivity contribution is 5.98. The van der Waals surface area contributed by atoms with Crippen molar-refractivity contribution in [2.75, 3.05) is 5.73 Å². The van der Waals surface area contributed by atoms with Crippen molar-refractivity contribution in [1.29, 1.82) is 0 Å². The van der Waals surface area contributed by atoms with E-state index in [9.17, 15) is 0 Å². The van der Waals surface area contributed by atoms with Gasteiger partial charge < -0.3 is 5.73 Å². The van der Waals surface area contributed by atoms with Gasteiger partial charge in [-0.15, -0.1) is 0 Å². The first kappa shape index (κ1) is 10.6. The SMILES string of the molecule is Cc1ncccc1-c1cnc(N)c2cncnc12. The first-order chi connectivity index (χ1) is 8.77. The number of aromatic nitrogens is 4. The Hall–Kier alpha value is -2.56. The minimum atomic E-state index is 0.441. The zero-order valence-corrected chi connectivity index (χ0v) is 9.83. The number of pyridine rings is 2. The third kappa shape index (κ3) is 1.57. The smallest absolute Gasteiger partial charge is 0.134 e. The second-order valence-corrected chi connectivity index (χ2v) is 3.98. The average molecular weight is 237 g/mol. The van der Waals surface area contributed by atoms with Crippen LogP contribution in [0.15, 0.2) is 37.1 Å². The molecule has 0 aliphatic rings. The molecule has 0 aromatic carbocycles. The maximum Gasteiger partial charge on any atom is 0.134 e. The molecule has 0 atom stereocenters. The van der Waals surface area contributed by atoms with E-state index in [0.29, 0.717) is 5.82 Å². The molecule has 0 spiro atoms. The zero-order valence-electron chi connectivity index (χ0n) is 9.83. The lowest BCUT2D eigenvalue weighted by Crippen LogP contribution is -1.97. The molecule has 5 nitrogen and oxygen atoms in total. The van der Waals surface area contributed by atoms with Crippen LogP contribution in [0.1, 0.15) is 5.69 Å². The van der Waals surface area contributed by atoms with Gasteiger partial charge in [0.1, 0.15) is 12.1 Å². The number of hydrogen-bond acceptors (Lipinski definition) is 5. The van der Waals surface area contributed by atoms with Gasteiger partial charge in [0.05, 0.1) is 10.9 Å². The van der Waals surface area contributed by atoms with Crippen LogP contribution in [0.25, 0.3) is 22.0 Å². The van der Waals surface area contributed by atoms with E-state index in [1.165, 1.54) is 6.33 Å². The molecule has 0 radical (unpaired) electrons. The van der Waals surface area contributed by atoms with E-state index in [-0.39, 0.29) is 0 Å². The van der Waals surface area contributed by atoms with Gasteiger partial charge >= 0.3 is 0 Å². The number of rotatable bonds is 1. The summed E-state index contributed by atoms with van der Waals surface area (Å²) in [6, 6.07) is 3.89. The van der Waals surface area contributed by atoms with Crippen LogP contribution in [0, 0.1) is 6.92 Å². The fourth-order valence-corrected chi connectivity index (χ4v) is 1.96. The molecule has 3 heterocycles. The molecule has 0 amide bonds. The summed E-state index contributed by atoms with van der Waals surface area (Å²) in [7, 11) is 0. The van der Waals surface area contributed by atoms with Crippen LogP contribution in [0.4, 0.5) is 5.82 Å². The topological polar surface area (TPSA) is 77.6 Å². The minimum absolute atomic E-state index is 0.441. The lowest BCUT2D eigenvalue weighted by Gasteiger charge is -2.08. The normalized spacial score (nSPS) is 10.7. The van der Waals surface area contributed by atoms with E-state index < -0.39 is 0 Å². The summed E-state index contributed by atoms with van der Waals surface area (Å²) in [5.74, 6) is 0.441. The van der Waals surface area contributed by atoms with Crippen molar-refractivity contribution in [1.82, 2.24) is 19.9 Å². The number of fused-ring (bicyclic) bond motifs is 1. The first-order valence-corrected chi connectivity index (χ1v) is 5.53. The minimum Gasteiger partial charge on any atom is -0.383 e. The highest BCUT2D eigenvalue weighted by atomic mass is 14.9. The van der Waals surface area contributed by atoms with E-state index >= 15 is 0 Å². The quantitative estimate of drug-likeness (QED) is 0.700. The third-order valence-corrected chi connectivity index (χ3v) is 2.87. The highest BCUT2D eigenvalue weighted by Crippen LogP contribution is 2.29. The van der Waals surface area contributed by atoms with E-state index in [1.807, 2.05) is 19.1 Å². The van der Waals surface area contributed by atoms with Gasteiger partial charge in [-0.25, -0.2) is 15.0 Å². The molecular weight excluding hydrogens is 226 g/mol. The lowest BCUT2D eigenvalue weighted by molar-refractivity contribution is 1.19. The Morgan fingerprint density at radius 3 is 2.78 bits per heavy atom. The molecule has 0 saturated carbocycles. The Morgan fingerprint density at radius 2 is 1.94 bits per heavy atom. The van der Waals surface area contributed by atoms with E-state index in [2.05, 4.69) is 19.9 Å². The van der Waals surface area contributed by atoms with Gasteiger partial charge in [-0.2, -0.15) is 0 Å². The Labute approximate surface area is 104 Å². The third-order valence-electron chi connectivity index (χ3n) is 2.87. The highest BCUT2D eigenvalue weighted by Gasteiger charge is 2.10. The van der Waals surface area contributed by atoms with Crippen LogP contribution < -0.4 is 5.73 Å². The molecule has 3 aromatic heterocycles. The van der Waals surface area contributed by atoms with Crippen LogP contribution in [-0.2, 0) is 0 Å². The molecule has 0 saturated heterocycles. The molecule has 5 heteroatoms. The van der Waals surface area contributed by atoms with E-state index in [1.54, 1.807) is 18.6 Å². The maximum absolute atomic E-state index is 5.83. The molecular formula is C13H11N5. The van der Waals surface area contributed by atoms with Crippen LogP contribution in [-0.4, -0.2) is 19.9 Å². The molecule has 0 bridgehead atoms. The predicted molar refractivity (Wildman–Crippen MR) is 69.7 cm³/mol. The monoisotopic (exact) mass is 237 g/mol. The molecule has 18 heavy (non-hydrogen) atoms. The largest absolute Gasteiger partial charge is 0.383 e. The summed E-state index contributed by atoms with van der Waals surface area (Å²) in [4.78, 5) is 16.8. The number of nitrogens with two attached hydrogens (primary N) is 1. The summed E-state index contributed by atoms with van der Waals surface area (Å²) in [6.45, 7) is 1.96. The average Bonchev–Trinajstić information content (AvgIpc) is 2.41. The number of anilines is 1. The Balaban J connectivity index is 2.38. The Morgan fingerprint density at radius 1 is 1.06 bits per heavy atom. The summed E-state index contributed by atoms with van der Waals surface area (Å²) in [6.07, 6.45) is 6.69. The summed E-state index contributed by atoms with van der Waals surface area (Å²) < 4.78 is 0. The van der Waals surface area contributed by atoms with Crippen LogP contribution in [0.3, 0.4) is 0 Å². The fourth-order valence-electron chi connectivity index (χ4n) is 1.96. The molecule has 2 N–H and O–H groups in total. The van der Waals surface area contributed by atoms with E-state index in [4.69, 9.17) is 5.73 Å². The van der Waals surface area contributed by atoms with Crippen LogP contribution in [0.2, 0.25) is 0 Å². The standard InChI is InChI=1S/C13H11N5/c1-8-9(3-2-4-16-8)10-6-17-13(14)11-5-15-7-18-12(10)11/h2-7H,1H3,(H2,14,17). The zero-order chi connectivity index (χ0) is 12.5. The summed E-state index contributed by atoms with van der Waals surface area (Å²) in [5.41, 5.74) is 9.50. The van der Waals surface area contributed by atoms with Crippen molar-refractivity contribution in [3.05, 3.63) is 42.7 Å². The first-order valence-electron chi connectivity index (χ1n) is 5.53. The number of hydrogen-bond donors (Lipinski definition) is 1. The second kappa shape index (κ2) is 4.03. The number of nitrogens with zero attached hydrogens (tertiary/aromatic N) is 4. The van der Waals surface area contributed by atoms with Crippen molar-refractivity contribution in [2.24, 2.45) is 0 Å². The van der Waals surface area contributed by atoms with Gasteiger partial charge in [0.25, 0.3) is 0 Å². The van der Waals surface area contributed by atoms with Crippen molar-refractivity contribution in [3.63, 3.8) is 0 Å². The summed E-state index contributed by atoms with van der Waals surface area (Å²) in [5, 5.41) is 0.762. The van der Waals surface area contributed by atoms with Gasteiger partial charge in [0, 0.05) is 35.4 Å². The lowest BCUT2D eigenvalue weighted by atomic mass is 10.0. The predicted octanol–water partition coefficient (Wildman–Crippen LogP) is 1.98. The van der Waals surface area contributed by atoms with Crippen molar-refractivity contribution in [3.8, 4) is 11.1 Å². The van der Waals surface area contributed by atoms with Gasteiger partial charge in [0.2, 0.25) is 0 Å². The molecule has 0 fully saturated rings.